The molecule has 1 saturated heterocycles. The fourth-order valence-electron chi connectivity index (χ4n) is 3.34. The third-order valence-corrected chi connectivity index (χ3v) is 5.05. The van der Waals surface area contributed by atoms with Gasteiger partial charge in [-0.1, -0.05) is 17.2 Å². The van der Waals surface area contributed by atoms with Crippen molar-refractivity contribution in [1.29, 1.82) is 0 Å². The molecule has 1 aromatic carbocycles. The minimum Gasteiger partial charge on any atom is -0.478 e. The number of piperidine rings is 1. The van der Waals surface area contributed by atoms with E-state index >= 15 is 0 Å². The van der Waals surface area contributed by atoms with Crippen molar-refractivity contribution in [3.8, 4) is 11.4 Å². The Bertz CT molecular complexity index is 1140. The number of carboxylic acids is 1. The van der Waals surface area contributed by atoms with Crippen molar-refractivity contribution in [1.82, 2.24) is 15.0 Å². The molecule has 0 bridgehead atoms. The number of carbonyl (C=O) groups is 1. The number of benzene rings is 1. The first-order chi connectivity index (χ1) is 13.9. The molecule has 1 aliphatic rings. The molecule has 6 nitrogen and oxygen atoms in total. The van der Waals surface area contributed by atoms with E-state index in [-0.39, 0.29) is 16.4 Å². The number of halogens is 3. The lowest BCUT2D eigenvalue weighted by molar-refractivity contribution is -0.131. The van der Waals surface area contributed by atoms with Crippen molar-refractivity contribution in [3.63, 3.8) is 0 Å². The highest BCUT2D eigenvalue weighted by Crippen LogP contribution is 2.32. The maximum absolute atomic E-state index is 14.4. The van der Waals surface area contributed by atoms with Gasteiger partial charge in [-0.3, -0.25) is 4.98 Å². The first-order valence-corrected chi connectivity index (χ1v) is 9.24. The van der Waals surface area contributed by atoms with Gasteiger partial charge >= 0.3 is 5.97 Å². The number of pyridine rings is 1. The summed E-state index contributed by atoms with van der Waals surface area (Å²) in [6, 6.07) is 3.55. The second-order valence-electron chi connectivity index (χ2n) is 6.64. The van der Waals surface area contributed by atoms with Crippen LogP contribution in [0.15, 0.2) is 42.2 Å². The maximum Gasteiger partial charge on any atom is 0.328 e. The highest BCUT2D eigenvalue weighted by atomic mass is 35.5. The van der Waals surface area contributed by atoms with Gasteiger partial charge in [-0.2, -0.15) is 0 Å². The van der Waals surface area contributed by atoms with Gasteiger partial charge in [-0.25, -0.2) is 23.5 Å². The molecule has 0 radical (unpaired) electrons. The summed E-state index contributed by atoms with van der Waals surface area (Å²) in [5, 5.41) is 9.29. The summed E-state index contributed by atoms with van der Waals surface area (Å²) in [6.07, 6.45) is 5.55. The van der Waals surface area contributed by atoms with E-state index in [9.17, 15) is 13.6 Å². The van der Waals surface area contributed by atoms with E-state index in [1.807, 2.05) is 4.90 Å². The van der Waals surface area contributed by atoms with Crippen molar-refractivity contribution in [3.05, 3.63) is 58.9 Å². The zero-order valence-electron chi connectivity index (χ0n) is 15.1. The van der Waals surface area contributed by atoms with Crippen LogP contribution in [0.5, 0.6) is 0 Å². The van der Waals surface area contributed by atoms with Gasteiger partial charge in [0.15, 0.2) is 5.82 Å². The Balaban J connectivity index is 1.79. The fourth-order valence-corrected chi connectivity index (χ4v) is 3.49. The molecule has 0 amide bonds. The van der Waals surface area contributed by atoms with Crippen LogP contribution in [-0.2, 0) is 4.79 Å². The van der Waals surface area contributed by atoms with Gasteiger partial charge in [-0.05, 0) is 31.0 Å². The topological polar surface area (TPSA) is 79.2 Å². The lowest BCUT2D eigenvalue weighted by atomic mass is 10.0. The standard InChI is InChI=1S/C20H15ClF2N4O2/c21-14-9-15(22)12(8-16(14)23)19-25-17-1-4-24-10-13(17)20(26-19)27-5-2-11(3-6-27)7-18(28)29/h1,4,7-10H,2-3,5-6H2,(H,28,29). The molecule has 0 atom stereocenters. The molecule has 0 spiro atoms. The summed E-state index contributed by atoms with van der Waals surface area (Å²) < 4.78 is 28.4. The van der Waals surface area contributed by atoms with Gasteiger partial charge < -0.3 is 10.0 Å². The van der Waals surface area contributed by atoms with Crippen LogP contribution in [0.3, 0.4) is 0 Å². The molecule has 1 N–H and O–H groups in total. The van der Waals surface area contributed by atoms with Crippen LogP contribution in [0.2, 0.25) is 5.02 Å². The second-order valence-corrected chi connectivity index (χ2v) is 7.04. The van der Waals surface area contributed by atoms with E-state index in [2.05, 4.69) is 15.0 Å². The van der Waals surface area contributed by atoms with Crippen LogP contribution in [0.1, 0.15) is 12.8 Å². The van der Waals surface area contributed by atoms with Crippen LogP contribution in [0.4, 0.5) is 14.6 Å². The molecule has 3 heterocycles. The summed E-state index contributed by atoms with van der Waals surface area (Å²) in [4.78, 5) is 25.8. The monoisotopic (exact) mass is 416 g/mol. The number of aliphatic carboxylic acids is 1. The predicted molar refractivity (Wildman–Crippen MR) is 105 cm³/mol. The first kappa shape index (κ1) is 19.2. The van der Waals surface area contributed by atoms with Gasteiger partial charge in [0, 0.05) is 31.6 Å². The van der Waals surface area contributed by atoms with Crippen molar-refractivity contribution in [2.45, 2.75) is 12.8 Å². The summed E-state index contributed by atoms with van der Waals surface area (Å²) >= 11 is 5.65. The average molecular weight is 417 g/mol. The smallest absolute Gasteiger partial charge is 0.328 e. The summed E-state index contributed by atoms with van der Waals surface area (Å²) in [6.45, 7) is 1.08. The number of rotatable bonds is 3. The van der Waals surface area contributed by atoms with Gasteiger partial charge in [0.2, 0.25) is 0 Å². The van der Waals surface area contributed by atoms with Gasteiger partial charge in [0.25, 0.3) is 0 Å². The average Bonchev–Trinajstić information content (AvgIpc) is 2.70. The number of hydrogen-bond donors (Lipinski definition) is 1. The third kappa shape index (κ3) is 3.88. The van der Waals surface area contributed by atoms with Crippen LogP contribution in [-0.4, -0.2) is 39.1 Å². The fraction of sp³-hybridized carbons (Fsp3) is 0.200. The van der Waals surface area contributed by atoms with E-state index in [1.54, 1.807) is 18.5 Å². The van der Waals surface area contributed by atoms with Crippen molar-refractivity contribution >= 4 is 34.3 Å². The molecular weight excluding hydrogens is 402 g/mol. The lowest BCUT2D eigenvalue weighted by Crippen LogP contribution is -2.32. The van der Waals surface area contributed by atoms with Gasteiger partial charge in [0.1, 0.15) is 17.5 Å². The molecule has 0 aliphatic carbocycles. The van der Waals surface area contributed by atoms with E-state index in [0.29, 0.717) is 42.7 Å². The lowest BCUT2D eigenvalue weighted by Gasteiger charge is -2.30. The molecule has 0 saturated carbocycles. The molecule has 1 aliphatic heterocycles. The summed E-state index contributed by atoms with van der Waals surface area (Å²) in [5.41, 5.74) is 1.30. The number of carboxylic acid groups (broad SMARTS) is 1. The maximum atomic E-state index is 14.4. The van der Waals surface area contributed by atoms with E-state index < -0.39 is 17.6 Å². The second kappa shape index (κ2) is 7.71. The van der Waals surface area contributed by atoms with Crippen molar-refractivity contribution in [2.75, 3.05) is 18.0 Å². The first-order valence-electron chi connectivity index (χ1n) is 8.86. The normalized spacial score (nSPS) is 14.3. The molecule has 0 unspecified atom stereocenters. The Kier molecular flexibility index (Phi) is 5.10. The Labute approximate surface area is 169 Å². The van der Waals surface area contributed by atoms with Gasteiger partial charge in [0.05, 0.1) is 21.5 Å². The molecule has 2 aromatic heterocycles. The van der Waals surface area contributed by atoms with Gasteiger partial charge in [-0.15, -0.1) is 0 Å². The molecule has 1 fully saturated rings. The number of aromatic nitrogens is 3. The van der Waals surface area contributed by atoms with Crippen molar-refractivity contribution < 1.29 is 18.7 Å². The SMILES string of the molecule is O=C(O)C=C1CCN(c2nc(-c3cc(F)c(Cl)cc3F)nc3ccncc23)CC1. The summed E-state index contributed by atoms with van der Waals surface area (Å²) in [7, 11) is 0. The molecule has 9 heteroatoms. The number of anilines is 1. The van der Waals surface area contributed by atoms with Crippen LogP contribution in [0.25, 0.3) is 22.3 Å². The van der Waals surface area contributed by atoms with Crippen LogP contribution < -0.4 is 4.90 Å². The number of fused-ring (bicyclic) bond motifs is 1. The Morgan fingerprint density at radius 3 is 2.66 bits per heavy atom. The minimum absolute atomic E-state index is 0.0404. The molecule has 3 aromatic rings. The highest BCUT2D eigenvalue weighted by molar-refractivity contribution is 6.30. The highest BCUT2D eigenvalue weighted by Gasteiger charge is 2.21. The zero-order chi connectivity index (χ0) is 20.5. The predicted octanol–water partition coefficient (Wildman–Crippen LogP) is 4.23. The van der Waals surface area contributed by atoms with E-state index in [4.69, 9.17) is 16.7 Å². The molecule has 4 rings (SSSR count). The minimum atomic E-state index is -0.965. The van der Waals surface area contributed by atoms with E-state index in [0.717, 1.165) is 17.7 Å². The number of nitrogens with zero attached hydrogens (tertiary/aromatic N) is 4. The third-order valence-electron chi connectivity index (χ3n) is 4.76. The Hall–Kier alpha value is -3.13. The molecule has 148 valence electrons. The van der Waals surface area contributed by atoms with Crippen molar-refractivity contribution in [2.24, 2.45) is 0 Å². The Morgan fingerprint density at radius 2 is 1.93 bits per heavy atom. The van der Waals surface area contributed by atoms with E-state index in [1.165, 1.54) is 6.08 Å². The Morgan fingerprint density at radius 1 is 1.17 bits per heavy atom. The molecular formula is C20H15ClF2N4O2. The quantitative estimate of drug-likeness (QED) is 0.508. The number of hydrogen-bond acceptors (Lipinski definition) is 5. The van der Waals surface area contributed by atoms with Crippen LogP contribution >= 0.6 is 11.6 Å². The summed E-state index contributed by atoms with van der Waals surface area (Å²) in [5.74, 6) is -1.86. The molecule has 29 heavy (non-hydrogen) atoms. The zero-order valence-corrected chi connectivity index (χ0v) is 15.8. The van der Waals surface area contributed by atoms with Crippen LogP contribution in [0, 0.1) is 11.6 Å². The largest absolute Gasteiger partial charge is 0.478 e.